The summed E-state index contributed by atoms with van der Waals surface area (Å²) in [6.45, 7) is 14.5. The molecule has 0 saturated heterocycles. The lowest BCUT2D eigenvalue weighted by Crippen LogP contribution is -2.31. The second kappa shape index (κ2) is 8.63. The Labute approximate surface area is 151 Å². The lowest BCUT2D eigenvalue weighted by molar-refractivity contribution is -0.0696. The zero-order valence-electron chi connectivity index (χ0n) is 16.6. The highest BCUT2D eigenvalue weighted by atomic mass is 19.3. The normalized spacial score (nSPS) is 12.7. The average Bonchev–Trinajstić information content (AvgIpc) is 2.47. The number of ether oxygens (including phenoxy) is 1. The van der Waals surface area contributed by atoms with E-state index in [-0.39, 0.29) is 6.42 Å². The molecule has 0 spiro atoms. The lowest BCUT2D eigenvalue weighted by Gasteiger charge is -2.26. The summed E-state index contributed by atoms with van der Waals surface area (Å²) >= 11 is 0. The van der Waals surface area contributed by atoms with Crippen LogP contribution in [0.25, 0.3) is 0 Å². The van der Waals surface area contributed by atoms with E-state index in [0.29, 0.717) is 5.75 Å². The van der Waals surface area contributed by atoms with Crippen molar-refractivity contribution < 1.29 is 13.5 Å². The van der Waals surface area contributed by atoms with E-state index in [0.717, 1.165) is 29.9 Å². The molecule has 1 rings (SSSR count). The van der Waals surface area contributed by atoms with Crippen LogP contribution in [-0.2, 0) is 0 Å². The molecule has 0 heterocycles. The van der Waals surface area contributed by atoms with E-state index in [2.05, 4.69) is 23.7 Å². The van der Waals surface area contributed by atoms with Crippen LogP contribution in [0.3, 0.4) is 0 Å². The molecule has 142 valence electrons. The predicted octanol–water partition coefficient (Wildman–Crippen LogP) is 5.76. The quantitative estimate of drug-likeness (QED) is 0.438. The van der Waals surface area contributed by atoms with E-state index in [9.17, 15) is 8.78 Å². The molecule has 5 heteroatoms. The van der Waals surface area contributed by atoms with Crippen LogP contribution >= 0.6 is 0 Å². The molecule has 0 aliphatic rings. The van der Waals surface area contributed by atoms with Gasteiger partial charge < -0.3 is 9.64 Å². The number of hydrogen-bond donors (Lipinski definition) is 0. The zero-order chi connectivity index (χ0) is 19.3. The van der Waals surface area contributed by atoms with Crippen molar-refractivity contribution in [2.75, 3.05) is 19.7 Å². The second-order valence-corrected chi connectivity index (χ2v) is 7.75. The van der Waals surface area contributed by atoms with E-state index in [1.165, 1.54) is 0 Å². The number of aliphatic imine (C=N–C) groups is 1. The number of halogens is 2. The fourth-order valence-corrected chi connectivity index (χ4v) is 2.61. The van der Waals surface area contributed by atoms with Gasteiger partial charge in [-0.3, -0.25) is 0 Å². The molecule has 0 radical (unpaired) electrons. The summed E-state index contributed by atoms with van der Waals surface area (Å²) in [5.41, 5.74) is 2.10. The van der Waals surface area contributed by atoms with Crippen LogP contribution < -0.4 is 4.74 Å². The van der Waals surface area contributed by atoms with Crippen molar-refractivity contribution in [2.45, 2.75) is 60.8 Å². The maximum absolute atomic E-state index is 14.1. The predicted molar refractivity (Wildman–Crippen MR) is 102 cm³/mol. The van der Waals surface area contributed by atoms with Crippen LogP contribution in [0.2, 0.25) is 0 Å². The molecule has 0 saturated carbocycles. The van der Waals surface area contributed by atoms with Gasteiger partial charge in [0.15, 0.2) is 6.61 Å². The average molecular weight is 354 g/mol. The van der Waals surface area contributed by atoms with Crippen molar-refractivity contribution in [3.05, 3.63) is 23.3 Å². The third-order valence-corrected chi connectivity index (χ3v) is 3.89. The van der Waals surface area contributed by atoms with E-state index in [1.807, 2.05) is 26.3 Å². The van der Waals surface area contributed by atoms with E-state index in [4.69, 9.17) is 4.74 Å². The Morgan fingerprint density at radius 3 is 2.20 bits per heavy atom. The SMILES string of the molecule is CCN(/C=N/c1cc(C)c(OCC(F)(F)CC(C)(C)C)cc1C)CC. The Morgan fingerprint density at radius 1 is 1.08 bits per heavy atom. The summed E-state index contributed by atoms with van der Waals surface area (Å²) in [5.74, 6) is -2.36. The number of aryl methyl sites for hydroxylation is 2. The number of benzene rings is 1. The maximum Gasteiger partial charge on any atom is 0.281 e. The van der Waals surface area contributed by atoms with Gasteiger partial charge in [-0.25, -0.2) is 13.8 Å². The molecule has 1 aromatic rings. The molecule has 1 aromatic carbocycles. The fraction of sp³-hybridized carbons (Fsp3) is 0.650. The van der Waals surface area contributed by atoms with Crippen LogP contribution in [0.5, 0.6) is 5.75 Å². The zero-order valence-corrected chi connectivity index (χ0v) is 16.6. The van der Waals surface area contributed by atoms with Gasteiger partial charge in [0.1, 0.15) is 5.75 Å². The molecule has 0 bridgehead atoms. The fourth-order valence-electron chi connectivity index (χ4n) is 2.61. The van der Waals surface area contributed by atoms with Crippen LogP contribution in [-0.4, -0.2) is 36.9 Å². The standard InChI is InChI=1S/C20H32F2N2O/c1-8-24(9-2)14-23-17-10-16(4)18(11-15(17)3)25-13-20(21,22)12-19(5,6)7/h10-11,14H,8-9,12-13H2,1-7H3/b23-14+. The lowest BCUT2D eigenvalue weighted by atomic mass is 9.89. The summed E-state index contributed by atoms with van der Waals surface area (Å²) in [6, 6.07) is 3.67. The number of alkyl halides is 2. The Morgan fingerprint density at radius 2 is 1.68 bits per heavy atom. The van der Waals surface area contributed by atoms with E-state index < -0.39 is 17.9 Å². The molecule has 0 aromatic heterocycles. The monoisotopic (exact) mass is 354 g/mol. The third kappa shape index (κ3) is 7.41. The van der Waals surface area contributed by atoms with Crippen LogP contribution in [0.1, 0.15) is 52.2 Å². The summed E-state index contributed by atoms with van der Waals surface area (Å²) in [7, 11) is 0. The minimum atomic E-state index is -2.85. The second-order valence-electron chi connectivity index (χ2n) is 7.75. The number of rotatable bonds is 8. The molecule has 0 unspecified atom stereocenters. The molecular weight excluding hydrogens is 322 g/mol. The van der Waals surface area contributed by atoms with Crippen molar-refractivity contribution in [1.29, 1.82) is 0 Å². The molecule has 0 atom stereocenters. The summed E-state index contributed by atoms with van der Waals surface area (Å²) < 4.78 is 33.5. The van der Waals surface area contributed by atoms with Gasteiger partial charge in [0.25, 0.3) is 5.92 Å². The van der Waals surface area contributed by atoms with Crippen LogP contribution in [0, 0.1) is 19.3 Å². The van der Waals surface area contributed by atoms with Gasteiger partial charge in [0.2, 0.25) is 0 Å². The Balaban J connectivity index is 2.86. The third-order valence-electron chi connectivity index (χ3n) is 3.89. The topological polar surface area (TPSA) is 24.8 Å². The molecular formula is C20H32F2N2O. The smallest absolute Gasteiger partial charge is 0.281 e. The van der Waals surface area contributed by atoms with Crippen molar-refractivity contribution in [3.8, 4) is 5.75 Å². The highest BCUT2D eigenvalue weighted by molar-refractivity contribution is 5.64. The van der Waals surface area contributed by atoms with Gasteiger partial charge >= 0.3 is 0 Å². The number of nitrogens with zero attached hydrogens (tertiary/aromatic N) is 2. The van der Waals surface area contributed by atoms with Crippen LogP contribution in [0.4, 0.5) is 14.5 Å². The molecule has 3 nitrogen and oxygen atoms in total. The molecule has 0 N–H and O–H groups in total. The van der Waals surface area contributed by atoms with Crippen molar-refractivity contribution >= 4 is 12.0 Å². The van der Waals surface area contributed by atoms with Crippen molar-refractivity contribution in [2.24, 2.45) is 10.4 Å². The molecule has 0 fully saturated rings. The van der Waals surface area contributed by atoms with Gasteiger partial charge in [-0.1, -0.05) is 20.8 Å². The molecule has 0 aliphatic heterocycles. The molecule has 25 heavy (non-hydrogen) atoms. The Bertz CT molecular complexity index is 588. The van der Waals surface area contributed by atoms with Gasteiger partial charge in [0.05, 0.1) is 12.0 Å². The first-order valence-electron chi connectivity index (χ1n) is 8.87. The molecule has 0 aliphatic carbocycles. The van der Waals surface area contributed by atoms with E-state index >= 15 is 0 Å². The van der Waals surface area contributed by atoms with Gasteiger partial charge in [-0.05, 0) is 56.4 Å². The Hall–Kier alpha value is -1.65. The summed E-state index contributed by atoms with van der Waals surface area (Å²) in [6.07, 6.45) is 1.62. The largest absolute Gasteiger partial charge is 0.487 e. The minimum absolute atomic E-state index is 0.204. The first-order chi connectivity index (χ1) is 11.5. The Kier molecular flexibility index (Phi) is 7.39. The highest BCUT2D eigenvalue weighted by Gasteiger charge is 2.35. The van der Waals surface area contributed by atoms with Crippen molar-refractivity contribution in [3.63, 3.8) is 0 Å². The van der Waals surface area contributed by atoms with Gasteiger partial charge in [-0.2, -0.15) is 0 Å². The van der Waals surface area contributed by atoms with E-state index in [1.54, 1.807) is 26.8 Å². The van der Waals surface area contributed by atoms with Gasteiger partial charge in [0, 0.05) is 19.5 Å². The van der Waals surface area contributed by atoms with Gasteiger partial charge in [-0.15, -0.1) is 0 Å². The minimum Gasteiger partial charge on any atom is -0.487 e. The van der Waals surface area contributed by atoms with Crippen molar-refractivity contribution in [1.82, 2.24) is 4.90 Å². The van der Waals surface area contributed by atoms with Crippen LogP contribution in [0.15, 0.2) is 17.1 Å². The summed E-state index contributed by atoms with van der Waals surface area (Å²) in [5, 5.41) is 0. The molecule has 0 amide bonds. The summed E-state index contributed by atoms with van der Waals surface area (Å²) in [4.78, 5) is 6.59. The first kappa shape index (κ1) is 21.4. The highest BCUT2D eigenvalue weighted by Crippen LogP contribution is 2.33. The number of hydrogen-bond acceptors (Lipinski definition) is 2. The first-order valence-corrected chi connectivity index (χ1v) is 8.87. The maximum atomic E-state index is 14.1.